The molecule has 0 amide bonds. The van der Waals surface area contributed by atoms with Crippen LogP contribution >= 0.6 is 11.6 Å². The lowest BCUT2D eigenvalue weighted by atomic mass is 10.2. The molecule has 1 aromatic carbocycles. The molecule has 0 aliphatic heterocycles. The fraction of sp³-hybridized carbons (Fsp3) is 0.455. The van der Waals surface area contributed by atoms with Crippen molar-refractivity contribution in [3.8, 4) is 0 Å². The molecular formula is C11H14ClF3N2O2S. The molecule has 0 bridgehead atoms. The molecule has 9 heteroatoms. The molecule has 2 N–H and O–H groups in total. The van der Waals surface area contributed by atoms with Gasteiger partial charge in [-0.3, -0.25) is 0 Å². The molecule has 0 heterocycles. The normalized spacial score (nSPS) is 12.7. The van der Waals surface area contributed by atoms with Crippen molar-refractivity contribution >= 4 is 21.6 Å². The Hall–Kier alpha value is -0.830. The average Bonchev–Trinajstić information content (AvgIpc) is 2.29. The summed E-state index contributed by atoms with van der Waals surface area (Å²) in [4.78, 5) is -0.228. The Kier molecular flexibility index (Phi) is 5.81. The van der Waals surface area contributed by atoms with Crippen molar-refractivity contribution < 1.29 is 21.6 Å². The van der Waals surface area contributed by atoms with Crippen LogP contribution in [0.25, 0.3) is 0 Å². The lowest BCUT2D eigenvalue weighted by Gasteiger charge is -2.11. The zero-order valence-corrected chi connectivity index (χ0v) is 12.2. The molecule has 4 nitrogen and oxygen atoms in total. The third-order valence-corrected chi connectivity index (χ3v) is 4.31. The van der Waals surface area contributed by atoms with Gasteiger partial charge in [-0.05, 0) is 24.7 Å². The first-order chi connectivity index (χ1) is 9.15. The lowest BCUT2D eigenvalue weighted by Crippen LogP contribution is -2.28. The standard InChI is InChI=1S/C11H14ClF3N2O2S/c1-16-7-8-2-3-9(12)10(6-8)20(18,19)17-5-4-11(13,14)15/h2-3,6,16-17H,4-5,7H2,1H3. The first-order valence-electron chi connectivity index (χ1n) is 5.65. The van der Waals surface area contributed by atoms with E-state index in [0.717, 1.165) is 0 Å². The van der Waals surface area contributed by atoms with Gasteiger partial charge in [0.25, 0.3) is 0 Å². The Morgan fingerprint density at radius 1 is 1.30 bits per heavy atom. The average molecular weight is 331 g/mol. The van der Waals surface area contributed by atoms with Gasteiger partial charge in [0, 0.05) is 13.1 Å². The van der Waals surface area contributed by atoms with E-state index < -0.39 is 29.2 Å². The highest BCUT2D eigenvalue weighted by atomic mass is 35.5. The van der Waals surface area contributed by atoms with Gasteiger partial charge in [-0.25, -0.2) is 13.1 Å². The van der Waals surface area contributed by atoms with Gasteiger partial charge in [-0.1, -0.05) is 17.7 Å². The summed E-state index contributed by atoms with van der Waals surface area (Å²) in [5, 5.41) is 2.80. The van der Waals surface area contributed by atoms with Crippen LogP contribution < -0.4 is 10.0 Å². The van der Waals surface area contributed by atoms with Gasteiger partial charge in [-0.2, -0.15) is 13.2 Å². The lowest BCUT2D eigenvalue weighted by molar-refractivity contribution is -0.132. The van der Waals surface area contributed by atoms with Crippen LogP contribution in [0.2, 0.25) is 5.02 Å². The number of benzene rings is 1. The van der Waals surface area contributed by atoms with Gasteiger partial charge in [-0.15, -0.1) is 0 Å². The summed E-state index contributed by atoms with van der Waals surface area (Å²) in [5.41, 5.74) is 0.660. The Morgan fingerprint density at radius 2 is 1.95 bits per heavy atom. The van der Waals surface area contributed by atoms with Gasteiger partial charge in [0.2, 0.25) is 10.0 Å². The molecule has 0 fully saturated rings. The molecular weight excluding hydrogens is 317 g/mol. The predicted molar refractivity (Wildman–Crippen MR) is 70.1 cm³/mol. The van der Waals surface area contributed by atoms with Crippen molar-refractivity contribution in [3.05, 3.63) is 28.8 Å². The SMILES string of the molecule is CNCc1ccc(Cl)c(S(=O)(=O)NCCC(F)(F)F)c1. The van der Waals surface area contributed by atoms with Crippen LogP contribution in [0, 0.1) is 0 Å². The maximum absolute atomic E-state index is 12.0. The fourth-order valence-corrected chi connectivity index (χ4v) is 3.05. The molecule has 1 rings (SSSR count). The molecule has 0 aliphatic rings. The summed E-state index contributed by atoms with van der Waals surface area (Å²) < 4.78 is 61.7. The molecule has 1 aromatic rings. The molecule has 0 spiro atoms. The van der Waals surface area contributed by atoms with Crippen molar-refractivity contribution in [1.82, 2.24) is 10.0 Å². The third-order valence-electron chi connectivity index (χ3n) is 2.37. The molecule has 0 aliphatic carbocycles. The second-order valence-electron chi connectivity index (χ2n) is 4.06. The smallest absolute Gasteiger partial charge is 0.316 e. The monoisotopic (exact) mass is 330 g/mol. The topological polar surface area (TPSA) is 58.2 Å². The minimum absolute atomic E-state index is 0.0376. The summed E-state index contributed by atoms with van der Waals surface area (Å²) in [6.45, 7) is -0.305. The van der Waals surface area contributed by atoms with Crippen molar-refractivity contribution in [2.24, 2.45) is 0 Å². The van der Waals surface area contributed by atoms with Gasteiger partial charge in [0.1, 0.15) is 4.90 Å². The fourth-order valence-electron chi connectivity index (χ4n) is 1.47. The maximum Gasteiger partial charge on any atom is 0.390 e. The number of sulfonamides is 1. The van der Waals surface area contributed by atoms with Crippen LogP contribution in [0.4, 0.5) is 13.2 Å². The summed E-state index contributed by atoms with van der Waals surface area (Å²) >= 11 is 5.79. The largest absolute Gasteiger partial charge is 0.390 e. The second kappa shape index (κ2) is 6.75. The molecule has 0 saturated carbocycles. The van der Waals surface area contributed by atoms with Crippen LogP contribution in [0.3, 0.4) is 0 Å². The highest BCUT2D eigenvalue weighted by Crippen LogP contribution is 2.23. The van der Waals surface area contributed by atoms with Crippen LogP contribution in [0.15, 0.2) is 23.1 Å². The minimum Gasteiger partial charge on any atom is -0.316 e. The highest BCUT2D eigenvalue weighted by molar-refractivity contribution is 7.89. The van der Waals surface area contributed by atoms with Gasteiger partial charge >= 0.3 is 6.18 Å². The Labute approximate surface area is 120 Å². The highest BCUT2D eigenvalue weighted by Gasteiger charge is 2.28. The molecule has 20 heavy (non-hydrogen) atoms. The van der Waals surface area contributed by atoms with E-state index >= 15 is 0 Å². The van der Waals surface area contributed by atoms with E-state index in [1.54, 1.807) is 13.1 Å². The van der Waals surface area contributed by atoms with E-state index in [4.69, 9.17) is 11.6 Å². The van der Waals surface area contributed by atoms with Crippen molar-refractivity contribution in [2.45, 2.75) is 24.0 Å². The zero-order chi connectivity index (χ0) is 15.4. The number of hydrogen-bond acceptors (Lipinski definition) is 3. The Morgan fingerprint density at radius 3 is 2.50 bits per heavy atom. The van der Waals surface area contributed by atoms with E-state index in [0.29, 0.717) is 12.1 Å². The van der Waals surface area contributed by atoms with Gasteiger partial charge < -0.3 is 5.32 Å². The van der Waals surface area contributed by atoms with Crippen molar-refractivity contribution in [2.75, 3.05) is 13.6 Å². The number of halogens is 4. The first kappa shape index (κ1) is 17.2. The minimum atomic E-state index is -4.42. The molecule has 0 aromatic heterocycles. The van der Waals surface area contributed by atoms with E-state index in [1.165, 1.54) is 12.1 Å². The van der Waals surface area contributed by atoms with Crippen molar-refractivity contribution in [1.29, 1.82) is 0 Å². The first-order valence-corrected chi connectivity index (χ1v) is 7.51. The number of alkyl halides is 3. The summed E-state index contributed by atoms with van der Waals surface area (Å²) in [6.07, 6.45) is -5.65. The third kappa shape index (κ3) is 5.28. The van der Waals surface area contributed by atoms with Gasteiger partial charge in [0.15, 0.2) is 0 Å². The number of hydrogen-bond donors (Lipinski definition) is 2. The summed E-state index contributed by atoms with van der Waals surface area (Å²) in [5.74, 6) is 0. The quantitative estimate of drug-likeness (QED) is 0.841. The summed E-state index contributed by atoms with van der Waals surface area (Å²) in [6, 6.07) is 4.36. The molecule has 114 valence electrons. The van der Waals surface area contributed by atoms with E-state index in [9.17, 15) is 21.6 Å². The van der Waals surface area contributed by atoms with Crippen molar-refractivity contribution in [3.63, 3.8) is 0 Å². The van der Waals surface area contributed by atoms with Crippen LogP contribution in [0.5, 0.6) is 0 Å². The van der Waals surface area contributed by atoms with E-state index in [2.05, 4.69) is 5.32 Å². The number of nitrogens with one attached hydrogen (secondary N) is 2. The zero-order valence-electron chi connectivity index (χ0n) is 10.6. The number of rotatable bonds is 6. The Bertz CT molecular complexity index is 561. The second-order valence-corrected chi connectivity index (χ2v) is 6.20. The Balaban J connectivity index is 2.89. The molecule has 0 atom stereocenters. The maximum atomic E-state index is 12.0. The van der Waals surface area contributed by atoms with Crippen LogP contribution in [-0.4, -0.2) is 28.2 Å². The van der Waals surface area contributed by atoms with Crippen LogP contribution in [0.1, 0.15) is 12.0 Å². The molecule has 0 saturated heterocycles. The van der Waals surface area contributed by atoms with Gasteiger partial charge in [0.05, 0.1) is 11.4 Å². The van der Waals surface area contributed by atoms with Crippen LogP contribution in [-0.2, 0) is 16.6 Å². The molecule has 0 radical (unpaired) electrons. The van der Waals surface area contributed by atoms with E-state index in [1.807, 2.05) is 4.72 Å². The van der Waals surface area contributed by atoms with E-state index in [-0.39, 0.29) is 9.92 Å². The predicted octanol–water partition coefficient (Wildman–Crippen LogP) is 2.29. The molecule has 0 unspecified atom stereocenters. The summed E-state index contributed by atoms with van der Waals surface area (Å²) in [7, 11) is -2.38.